The molecule has 2 aromatic carbocycles. The molecule has 4 heteroatoms. The van der Waals surface area contributed by atoms with Crippen molar-refractivity contribution in [2.75, 3.05) is 18.4 Å². The Kier molecular flexibility index (Phi) is 6.64. The van der Waals surface area contributed by atoms with E-state index in [-0.39, 0.29) is 11.8 Å². The number of para-hydroxylation sites is 1. The van der Waals surface area contributed by atoms with Crippen molar-refractivity contribution in [3.8, 4) is 0 Å². The molecule has 1 aliphatic rings. The lowest BCUT2D eigenvalue weighted by atomic mass is 10.1. The van der Waals surface area contributed by atoms with Gasteiger partial charge in [0.05, 0.1) is 11.3 Å². The number of hydrogen-bond donors (Lipinski definition) is 1. The van der Waals surface area contributed by atoms with Crippen molar-refractivity contribution in [2.24, 2.45) is 0 Å². The van der Waals surface area contributed by atoms with Crippen molar-refractivity contribution >= 4 is 17.5 Å². The van der Waals surface area contributed by atoms with E-state index in [1.165, 1.54) is 18.4 Å². The minimum Gasteiger partial charge on any atom is -0.339 e. The van der Waals surface area contributed by atoms with Crippen LogP contribution in [0.25, 0.3) is 0 Å². The van der Waals surface area contributed by atoms with Gasteiger partial charge in [-0.25, -0.2) is 0 Å². The lowest BCUT2D eigenvalue weighted by Gasteiger charge is -2.22. The van der Waals surface area contributed by atoms with Crippen LogP contribution in [0.4, 0.5) is 5.69 Å². The summed E-state index contributed by atoms with van der Waals surface area (Å²) in [4.78, 5) is 27.3. The van der Waals surface area contributed by atoms with Crippen LogP contribution in [0, 0.1) is 6.92 Å². The molecule has 0 unspecified atom stereocenters. The quantitative estimate of drug-likeness (QED) is 0.844. The summed E-state index contributed by atoms with van der Waals surface area (Å²) in [6, 6.07) is 15.6. The van der Waals surface area contributed by atoms with Crippen LogP contribution >= 0.6 is 0 Å². The zero-order valence-electron chi connectivity index (χ0n) is 16.0. The standard InChI is InChI=1S/C23H28N2O2/c1-18-10-12-19(13-11-18)14-15-22(26)24-21-9-5-4-8-20(21)23(27)25-16-6-2-3-7-17-25/h4-5,8-13H,2-3,6-7,14-17H2,1H3,(H,24,26). The molecule has 2 amide bonds. The van der Waals surface area contributed by atoms with Gasteiger partial charge in [0, 0.05) is 19.5 Å². The summed E-state index contributed by atoms with van der Waals surface area (Å²) in [6.07, 6.45) is 5.56. The van der Waals surface area contributed by atoms with E-state index in [2.05, 4.69) is 36.5 Å². The second-order valence-electron chi connectivity index (χ2n) is 7.29. The Morgan fingerprint density at radius 1 is 0.926 bits per heavy atom. The predicted molar refractivity (Wildman–Crippen MR) is 109 cm³/mol. The van der Waals surface area contributed by atoms with Gasteiger partial charge in [0.1, 0.15) is 0 Å². The lowest BCUT2D eigenvalue weighted by molar-refractivity contribution is -0.116. The minimum absolute atomic E-state index is 0.0198. The molecular formula is C23H28N2O2. The third-order valence-electron chi connectivity index (χ3n) is 5.09. The molecular weight excluding hydrogens is 336 g/mol. The fourth-order valence-electron chi connectivity index (χ4n) is 3.45. The molecule has 0 saturated carbocycles. The molecule has 0 aliphatic carbocycles. The van der Waals surface area contributed by atoms with E-state index in [4.69, 9.17) is 0 Å². The fourth-order valence-corrected chi connectivity index (χ4v) is 3.45. The van der Waals surface area contributed by atoms with Gasteiger partial charge in [0.15, 0.2) is 0 Å². The average Bonchev–Trinajstić information content (AvgIpc) is 2.97. The highest BCUT2D eigenvalue weighted by atomic mass is 16.2. The number of nitrogens with zero attached hydrogens (tertiary/aromatic N) is 1. The number of anilines is 1. The van der Waals surface area contributed by atoms with Gasteiger partial charge in [-0.15, -0.1) is 0 Å². The lowest BCUT2D eigenvalue weighted by Crippen LogP contribution is -2.32. The van der Waals surface area contributed by atoms with Gasteiger partial charge in [-0.2, -0.15) is 0 Å². The van der Waals surface area contributed by atoms with Crippen LogP contribution in [0.1, 0.15) is 53.6 Å². The first-order valence-electron chi connectivity index (χ1n) is 9.87. The van der Waals surface area contributed by atoms with Gasteiger partial charge < -0.3 is 10.2 Å². The van der Waals surface area contributed by atoms with Crippen LogP contribution in [0.3, 0.4) is 0 Å². The molecule has 142 valence electrons. The van der Waals surface area contributed by atoms with E-state index >= 15 is 0 Å². The van der Waals surface area contributed by atoms with Gasteiger partial charge in [-0.1, -0.05) is 54.8 Å². The number of likely N-dealkylation sites (tertiary alicyclic amines) is 1. The molecule has 0 spiro atoms. The molecule has 4 nitrogen and oxygen atoms in total. The molecule has 1 heterocycles. The Morgan fingerprint density at radius 3 is 2.30 bits per heavy atom. The zero-order valence-corrected chi connectivity index (χ0v) is 16.0. The van der Waals surface area contributed by atoms with Crippen LogP contribution in [0.5, 0.6) is 0 Å². The smallest absolute Gasteiger partial charge is 0.255 e. The molecule has 0 radical (unpaired) electrons. The third kappa shape index (κ3) is 5.43. The van der Waals surface area contributed by atoms with E-state index in [0.717, 1.165) is 31.5 Å². The van der Waals surface area contributed by atoms with Gasteiger partial charge in [-0.05, 0) is 43.9 Å². The van der Waals surface area contributed by atoms with Crippen molar-refractivity contribution in [3.63, 3.8) is 0 Å². The number of nitrogens with one attached hydrogen (secondary N) is 1. The molecule has 27 heavy (non-hydrogen) atoms. The summed E-state index contributed by atoms with van der Waals surface area (Å²) in [5, 5.41) is 2.94. The van der Waals surface area contributed by atoms with Crippen molar-refractivity contribution < 1.29 is 9.59 Å². The fraction of sp³-hybridized carbons (Fsp3) is 0.391. The SMILES string of the molecule is Cc1ccc(CCC(=O)Nc2ccccc2C(=O)N2CCCCCC2)cc1. The van der Waals surface area contributed by atoms with Crippen molar-refractivity contribution in [3.05, 3.63) is 65.2 Å². The van der Waals surface area contributed by atoms with Crippen LogP contribution < -0.4 is 5.32 Å². The maximum Gasteiger partial charge on any atom is 0.255 e. The monoisotopic (exact) mass is 364 g/mol. The van der Waals surface area contributed by atoms with Gasteiger partial charge >= 0.3 is 0 Å². The van der Waals surface area contributed by atoms with Gasteiger partial charge in [0.2, 0.25) is 5.91 Å². The van der Waals surface area contributed by atoms with E-state index in [9.17, 15) is 9.59 Å². The van der Waals surface area contributed by atoms with Crippen LogP contribution in [0.15, 0.2) is 48.5 Å². The Labute approximate surface area is 161 Å². The average molecular weight is 364 g/mol. The predicted octanol–water partition coefficient (Wildman–Crippen LogP) is 4.58. The van der Waals surface area contributed by atoms with Crippen LogP contribution in [-0.4, -0.2) is 29.8 Å². The summed E-state index contributed by atoms with van der Waals surface area (Å²) in [7, 11) is 0. The highest BCUT2D eigenvalue weighted by molar-refractivity contribution is 6.03. The Balaban J connectivity index is 1.63. The summed E-state index contributed by atoms with van der Waals surface area (Å²) < 4.78 is 0. The number of hydrogen-bond acceptors (Lipinski definition) is 2. The topological polar surface area (TPSA) is 49.4 Å². The van der Waals surface area contributed by atoms with Crippen molar-refractivity contribution in [2.45, 2.75) is 45.4 Å². The Bertz CT molecular complexity index is 775. The Hall–Kier alpha value is -2.62. The first kappa shape index (κ1) is 19.2. The molecule has 1 N–H and O–H groups in total. The summed E-state index contributed by atoms with van der Waals surface area (Å²) in [6.45, 7) is 3.65. The molecule has 1 aliphatic heterocycles. The number of amides is 2. The molecule has 1 saturated heterocycles. The number of carbonyl (C=O) groups excluding carboxylic acids is 2. The summed E-state index contributed by atoms with van der Waals surface area (Å²) in [5.41, 5.74) is 3.55. The molecule has 2 aromatic rings. The number of aryl methyl sites for hydroxylation is 2. The van der Waals surface area contributed by atoms with Gasteiger partial charge in [-0.3, -0.25) is 9.59 Å². The molecule has 0 bridgehead atoms. The van der Waals surface area contributed by atoms with Gasteiger partial charge in [0.25, 0.3) is 5.91 Å². The number of carbonyl (C=O) groups is 2. The number of rotatable bonds is 5. The third-order valence-corrected chi connectivity index (χ3v) is 5.09. The molecule has 1 fully saturated rings. The molecule has 3 rings (SSSR count). The van der Waals surface area contributed by atoms with E-state index < -0.39 is 0 Å². The van der Waals surface area contributed by atoms with Crippen molar-refractivity contribution in [1.29, 1.82) is 0 Å². The second-order valence-corrected chi connectivity index (χ2v) is 7.29. The first-order chi connectivity index (χ1) is 13.1. The molecule has 0 atom stereocenters. The molecule has 0 aromatic heterocycles. The van der Waals surface area contributed by atoms with E-state index in [1.54, 1.807) is 0 Å². The van der Waals surface area contributed by atoms with E-state index in [0.29, 0.717) is 24.1 Å². The highest BCUT2D eigenvalue weighted by Crippen LogP contribution is 2.20. The first-order valence-corrected chi connectivity index (χ1v) is 9.87. The highest BCUT2D eigenvalue weighted by Gasteiger charge is 2.20. The number of benzene rings is 2. The summed E-state index contributed by atoms with van der Waals surface area (Å²) >= 11 is 0. The second kappa shape index (κ2) is 9.36. The van der Waals surface area contributed by atoms with Crippen molar-refractivity contribution in [1.82, 2.24) is 4.90 Å². The summed E-state index contributed by atoms with van der Waals surface area (Å²) in [5.74, 6) is -0.0435. The maximum absolute atomic E-state index is 12.9. The van der Waals surface area contributed by atoms with Crippen LogP contribution in [0.2, 0.25) is 0 Å². The minimum atomic E-state index is -0.0632. The largest absolute Gasteiger partial charge is 0.339 e. The normalized spacial score (nSPS) is 14.5. The zero-order chi connectivity index (χ0) is 19.1. The Morgan fingerprint density at radius 2 is 1.59 bits per heavy atom. The van der Waals surface area contributed by atoms with Crippen LogP contribution in [-0.2, 0) is 11.2 Å². The maximum atomic E-state index is 12.9. The van der Waals surface area contributed by atoms with E-state index in [1.807, 2.05) is 29.2 Å².